The molecule has 0 unspecified atom stereocenters. The number of methoxy groups -OCH3 is 2. The Morgan fingerprint density at radius 1 is 1.26 bits per heavy atom. The van der Waals surface area contributed by atoms with Crippen LogP contribution in [0.3, 0.4) is 0 Å². The Bertz CT molecular complexity index is 1360. The number of ether oxygens (including phenoxy) is 3. The van der Waals surface area contributed by atoms with E-state index >= 15 is 4.39 Å². The van der Waals surface area contributed by atoms with Crippen LogP contribution in [0.25, 0.3) is 11.0 Å². The first-order valence-electron chi connectivity index (χ1n) is 11.5. The third-order valence-electron chi connectivity index (χ3n) is 6.64. The average molecular weight is 483 g/mol. The number of pyridine rings is 2. The lowest BCUT2D eigenvalue weighted by atomic mass is 10.1. The highest BCUT2D eigenvalue weighted by molar-refractivity contribution is 5.93. The molecule has 5 rings (SSSR count). The fraction of sp³-hybridized carbons (Fsp3) is 0.400. The van der Waals surface area contributed by atoms with Gasteiger partial charge in [0.05, 0.1) is 32.8 Å². The Labute approximate surface area is 201 Å². The Morgan fingerprint density at radius 3 is 2.74 bits per heavy atom. The van der Waals surface area contributed by atoms with Crippen LogP contribution >= 0.6 is 0 Å². The molecule has 2 fully saturated rings. The van der Waals surface area contributed by atoms with E-state index in [1.807, 2.05) is 11.0 Å². The normalized spacial score (nSPS) is 18.8. The summed E-state index contributed by atoms with van der Waals surface area (Å²) in [6, 6.07) is 7.01. The fourth-order valence-corrected chi connectivity index (χ4v) is 4.94. The summed E-state index contributed by atoms with van der Waals surface area (Å²) in [6.45, 7) is 3.41. The van der Waals surface area contributed by atoms with Crippen molar-refractivity contribution in [1.29, 1.82) is 0 Å². The number of benzene rings is 1. The minimum atomic E-state index is -0.762. The number of carbonyl (C=O) groups is 1. The molecule has 2 aliphatic rings. The molecule has 9 nitrogen and oxygen atoms in total. The summed E-state index contributed by atoms with van der Waals surface area (Å²) in [7, 11) is 3.11. The number of carbonyl (C=O) groups excluding carboxylic acids is 1. The third kappa shape index (κ3) is 4.07. The maximum absolute atomic E-state index is 15.3. The number of anilines is 1. The van der Waals surface area contributed by atoms with Crippen LogP contribution in [0.1, 0.15) is 29.3 Å². The second-order valence-corrected chi connectivity index (χ2v) is 8.71. The van der Waals surface area contributed by atoms with E-state index in [4.69, 9.17) is 14.2 Å². The zero-order chi connectivity index (χ0) is 24.7. The van der Waals surface area contributed by atoms with Gasteiger partial charge in [-0.3, -0.25) is 4.79 Å². The molecule has 0 radical (unpaired) electrons. The van der Waals surface area contributed by atoms with Crippen molar-refractivity contribution in [3.63, 3.8) is 0 Å². The molecule has 0 saturated carbocycles. The van der Waals surface area contributed by atoms with Crippen LogP contribution in [0.5, 0.6) is 11.5 Å². The number of fused-ring (bicyclic) bond motifs is 3. The van der Waals surface area contributed by atoms with Gasteiger partial charge in [0.1, 0.15) is 22.7 Å². The number of hydrogen-bond acceptors (Lipinski definition) is 8. The van der Waals surface area contributed by atoms with Crippen LogP contribution in [0, 0.1) is 5.82 Å². The van der Waals surface area contributed by atoms with Crippen molar-refractivity contribution in [2.75, 3.05) is 38.8 Å². The molecule has 2 saturated heterocycles. The number of hydrogen-bond donors (Lipinski definition) is 1. The van der Waals surface area contributed by atoms with Gasteiger partial charge < -0.3 is 29.0 Å². The monoisotopic (exact) mass is 482 g/mol. The molecule has 1 N–H and O–H groups in total. The Kier molecular flexibility index (Phi) is 6.06. The van der Waals surface area contributed by atoms with Gasteiger partial charge >= 0.3 is 5.97 Å². The summed E-state index contributed by atoms with van der Waals surface area (Å²) in [5.41, 5.74) is 0.266. The molecule has 0 amide bonds. The second-order valence-electron chi connectivity index (χ2n) is 8.71. The molecule has 2 bridgehead atoms. The molecule has 0 aliphatic carbocycles. The van der Waals surface area contributed by atoms with Crippen molar-refractivity contribution in [3.05, 3.63) is 57.6 Å². The zero-order valence-corrected chi connectivity index (χ0v) is 19.8. The van der Waals surface area contributed by atoms with E-state index in [0.29, 0.717) is 24.1 Å². The van der Waals surface area contributed by atoms with E-state index in [9.17, 15) is 9.59 Å². The van der Waals surface area contributed by atoms with Gasteiger partial charge in [0, 0.05) is 43.0 Å². The highest BCUT2D eigenvalue weighted by Gasteiger charge is 2.39. The number of rotatable bonds is 7. The van der Waals surface area contributed by atoms with Crippen molar-refractivity contribution >= 4 is 22.8 Å². The molecule has 10 heteroatoms. The summed E-state index contributed by atoms with van der Waals surface area (Å²) in [6.07, 6.45) is 2.36. The minimum absolute atomic E-state index is 0.0202. The number of nitrogens with zero attached hydrogens (tertiary/aromatic N) is 3. The molecule has 3 aromatic rings. The molecule has 2 atom stereocenters. The van der Waals surface area contributed by atoms with Crippen LogP contribution < -0.4 is 25.1 Å². The van der Waals surface area contributed by atoms with E-state index in [2.05, 4.69) is 10.3 Å². The lowest BCUT2D eigenvalue weighted by Crippen LogP contribution is -2.44. The highest BCUT2D eigenvalue weighted by atomic mass is 19.1. The second kappa shape index (κ2) is 9.18. The fourth-order valence-electron chi connectivity index (χ4n) is 4.94. The number of esters is 1. The van der Waals surface area contributed by atoms with E-state index in [1.165, 1.54) is 12.3 Å². The van der Waals surface area contributed by atoms with Crippen molar-refractivity contribution in [2.24, 2.45) is 0 Å². The number of aromatic nitrogens is 2. The van der Waals surface area contributed by atoms with Crippen LogP contribution in [0.2, 0.25) is 0 Å². The predicted octanol–water partition coefficient (Wildman–Crippen LogP) is 2.33. The summed E-state index contributed by atoms with van der Waals surface area (Å²) in [4.78, 5) is 32.3. The maximum atomic E-state index is 15.3. The molecule has 2 aromatic heterocycles. The van der Waals surface area contributed by atoms with Gasteiger partial charge in [-0.05, 0) is 31.5 Å². The van der Waals surface area contributed by atoms with Gasteiger partial charge in [-0.25, -0.2) is 14.2 Å². The molecule has 35 heavy (non-hydrogen) atoms. The van der Waals surface area contributed by atoms with Crippen molar-refractivity contribution in [2.45, 2.75) is 32.0 Å². The average Bonchev–Trinajstić information content (AvgIpc) is 3.49. The van der Waals surface area contributed by atoms with E-state index < -0.39 is 17.2 Å². The van der Waals surface area contributed by atoms with Crippen LogP contribution in [0.4, 0.5) is 10.2 Å². The predicted molar refractivity (Wildman–Crippen MR) is 128 cm³/mol. The third-order valence-corrected chi connectivity index (χ3v) is 6.64. The van der Waals surface area contributed by atoms with Crippen molar-refractivity contribution in [3.8, 4) is 11.5 Å². The first kappa shape index (κ1) is 23.1. The molecular weight excluding hydrogens is 455 g/mol. The summed E-state index contributed by atoms with van der Waals surface area (Å²) >= 11 is 0. The molecule has 2 aliphatic heterocycles. The lowest BCUT2D eigenvalue weighted by molar-refractivity contribution is 0.0524. The standard InChI is InChI=1S/C25H27FN4O5/c1-4-35-25(32)19-13-29(11-14-5-6-17(33-2)8-21(14)34-3)23-18(22(19)31)9-20(26)24(28-23)30-12-15-7-16(30)10-27-15/h5-6,8-9,13,15-16,27H,4,7,10-12H2,1-3H3/t15-,16-/m0/s1. The summed E-state index contributed by atoms with van der Waals surface area (Å²) in [5, 5.41) is 3.42. The first-order valence-corrected chi connectivity index (χ1v) is 11.5. The van der Waals surface area contributed by atoms with E-state index in [0.717, 1.165) is 18.5 Å². The molecule has 0 spiro atoms. The molecule has 4 heterocycles. The van der Waals surface area contributed by atoms with Gasteiger partial charge in [-0.2, -0.15) is 0 Å². The Hall–Kier alpha value is -3.66. The molecule has 184 valence electrons. The maximum Gasteiger partial charge on any atom is 0.343 e. The zero-order valence-electron chi connectivity index (χ0n) is 19.8. The number of nitrogens with one attached hydrogen (secondary N) is 1. The smallest absolute Gasteiger partial charge is 0.343 e. The van der Waals surface area contributed by atoms with Gasteiger partial charge in [0.15, 0.2) is 11.6 Å². The molecule has 1 aromatic carbocycles. The highest BCUT2D eigenvalue weighted by Crippen LogP contribution is 2.32. The Balaban J connectivity index is 1.68. The van der Waals surface area contributed by atoms with E-state index in [1.54, 1.807) is 37.8 Å². The summed E-state index contributed by atoms with van der Waals surface area (Å²) in [5.74, 6) is 0.0612. The van der Waals surface area contributed by atoms with Crippen molar-refractivity contribution in [1.82, 2.24) is 14.9 Å². The quantitative estimate of drug-likeness (QED) is 0.513. The SMILES string of the molecule is CCOC(=O)c1cn(Cc2ccc(OC)cc2OC)c2nc(N3C[C@@H]4C[C@H]3CN4)c(F)cc2c1=O. The van der Waals surface area contributed by atoms with Gasteiger partial charge in [0.2, 0.25) is 5.43 Å². The van der Waals surface area contributed by atoms with Crippen LogP contribution in [-0.2, 0) is 11.3 Å². The Morgan fingerprint density at radius 2 is 2.09 bits per heavy atom. The summed E-state index contributed by atoms with van der Waals surface area (Å²) < 4.78 is 32.9. The van der Waals surface area contributed by atoms with Crippen LogP contribution in [0.15, 0.2) is 35.3 Å². The van der Waals surface area contributed by atoms with Gasteiger partial charge in [-0.15, -0.1) is 0 Å². The topological polar surface area (TPSA) is 94.9 Å². The molecular formula is C25H27FN4O5. The lowest BCUT2D eigenvalue weighted by Gasteiger charge is -2.29. The largest absolute Gasteiger partial charge is 0.497 e. The van der Waals surface area contributed by atoms with Crippen LogP contribution in [-0.4, -0.2) is 61.5 Å². The minimum Gasteiger partial charge on any atom is -0.497 e. The van der Waals surface area contributed by atoms with Gasteiger partial charge in [-0.1, -0.05) is 0 Å². The van der Waals surface area contributed by atoms with Gasteiger partial charge in [0.25, 0.3) is 0 Å². The van der Waals surface area contributed by atoms with Crippen molar-refractivity contribution < 1.29 is 23.4 Å². The number of halogens is 1. The number of piperazine rings is 1. The first-order chi connectivity index (χ1) is 16.9. The van der Waals surface area contributed by atoms with E-state index in [-0.39, 0.29) is 41.6 Å².